The molecule has 0 atom stereocenters. The third-order valence-electron chi connectivity index (χ3n) is 4.26. The molecular formula is C20H19BrClN3O. The first-order valence-electron chi connectivity index (χ1n) is 8.21. The number of hydrogen-bond acceptors (Lipinski definition) is 2. The van der Waals surface area contributed by atoms with Crippen LogP contribution in [-0.2, 0) is 6.54 Å². The molecule has 0 spiro atoms. The van der Waals surface area contributed by atoms with Gasteiger partial charge in [-0.1, -0.05) is 29.8 Å². The molecule has 2 aromatic carbocycles. The Morgan fingerprint density at radius 2 is 1.96 bits per heavy atom. The van der Waals surface area contributed by atoms with Gasteiger partial charge in [0.2, 0.25) is 0 Å². The summed E-state index contributed by atoms with van der Waals surface area (Å²) in [5.41, 5.74) is 5.31. The van der Waals surface area contributed by atoms with Crippen LogP contribution < -0.4 is 5.32 Å². The van der Waals surface area contributed by atoms with Crippen LogP contribution in [0.2, 0.25) is 5.02 Å². The maximum atomic E-state index is 12.6. The zero-order valence-corrected chi connectivity index (χ0v) is 17.1. The minimum absolute atomic E-state index is 0.160. The van der Waals surface area contributed by atoms with Crippen molar-refractivity contribution in [3.05, 3.63) is 80.0 Å². The van der Waals surface area contributed by atoms with E-state index in [-0.39, 0.29) is 5.91 Å². The molecule has 3 aromatic rings. The molecule has 0 aliphatic carbocycles. The van der Waals surface area contributed by atoms with Gasteiger partial charge < -0.3 is 5.32 Å². The number of nitrogens with zero attached hydrogens (tertiary/aromatic N) is 2. The topological polar surface area (TPSA) is 46.9 Å². The van der Waals surface area contributed by atoms with Crippen LogP contribution in [0.25, 0.3) is 0 Å². The third-order valence-corrected chi connectivity index (χ3v) is 5.65. The van der Waals surface area contributed by atoms with Crippen molar-refractivity contribution >= 4 is 39.1 Å². The van der Waals surface area contributed by atoms with E-state index in [4.69, 9.17) is 11.6 Å². The van der Waals surface area contributed by atoms with E-state index >= 15 is 0 Å². The molecule has 26 heavy (non-hydrogen) atoms. The Labute approximate surface area is 166 Å². The standard InChI is InChI=1S/C20H19BrClN3O/c1-12-7-8-17(22)10-18(12)23-20(26)16-6-4-5-15(9-16)11-25-14(3)19(21)13(2)24-25/h4-10H,11H2,1-3H3,(H,23,26). The Bertz CT molecular complexity index is 981. The SMILES string of the molecule is Cc1ccc(Cl)cc1NC(=O)c1cccc(Cn2nc(C)c(Br)c2C)c1. The van der Waals surface area contributed by atoms with Crippen molar-refractivity contribution in [2.24, 2.45) is 0 Å². The summed E-state index contributed by atoms with van der Waals surface area (Å²) in [5.74, 6) is -0.160. The lowest BCUT2D eigenvalue weighted by Gasteiger charge is -2.10. The van der Waals surface area contributed by atoms with Crippen LogP contribution in [0.4, 0.5) is 5.69 Å². The number of hydrogen-bond donors (Lipinski definition) is 1. The summed E-state index contributed by atoms with van der Waals surface area (Å²) in [4.78, 5) is 12.6. The second kappa shape index (κ2) is 7.64. The Balaban J connectivity index is 1.81. The fourth-order valence-corrected chi connectivity index (χ4v) is 3.19. The first-order valence-corrected chi connectivity index (χ1v) is 9.38. The monoisotopic (exact) mass is 431 g/mol. The lowest BCUT2D eigenvalue weighted by atomic mass is 10.1. The molecule has 0 unspecified atom stereocenters. The fraction of sp³-hybridized carbons (Fsp3) is 0.200. The molecule has 0 bridgehead atoms. The highest BCUT2D eigenvalue weighted by Crippen LogP contribution is 2.22. The summed E-state index contributed by atoms with van der Waals surface area (Å²) >= 11 is 9.57. The van der Waals surface area contributed by atoms with Crippen molar-refractivity contribution in [2.75, 3.05) is 5.32 Å². The lowest BCUT2D eigenvalue weighted by Crippen LogP contribution is -2.13. The number of halogens is 2. The van der Waals surface area contributed by atoms with E-state index in [2.05, 4.69) is 26.3 Å². The summed E-state index contributed by atoms with van der Waals surface area (Å²) in [6, 6.07) is 13.0. The highest BCUT2D eigenvalue weighted by molar-refractivity contribution is 9.10. The van der Waals surface area contributed by atoms with Gasteiger partial charge in [-0.05, 0) is 72.1 Å². The molecule has 0 fully saturated rings. The van der Waals surface area contributed by atoms with Crippen molar-refractivity contribution in [2.45, 2.75) is 27.3 Å². The van der Waals surface area contributed by atoms with E-state index in [1.54, 1.807) is 18.2 Å². The Hall–Kier alpha value is -2.11. The smallest absolute Gasteiger partial charge is 0.255 e. The molecule has 6 heteroatoms. The zero-order valence-electron chi connectivity index (χ0n) is 14.8. The molecule has 134 valence electrons. The molecule has 0 saturated carbocycles. The number of benzene rings is 2. The van der Waals surface area contributed by atoms with E-state index in [1.807, 2.05) is 49.7 Å². The molecule has 1 heterocycles. The maximum absolute atomic E-state index is 12.6. The molecule has 0 aliphatic heterocycles. The molecular weight excluding hydrogens is 414 g/mol. The van der Waals surface area contributed by atoms with E-state index in [9.17, 15) is 4.79 Å². The number of rotatable bonds is 4. The van der Waals surface area contributed by atoms with E-state index in [0.717, 1.165) is 32.7 Å². The van der Waals surface area contributed by atoms with Gasteiger partial charge in [0, 0.05) is 16.3 Å². The molecule has 1 amide bonds. The summed E-state index contributed by atoms with van der Waals surface area (Å²) in [6.45, 7) is 6.52. The predicted octanol–water partition coefficient (Wildman–Crippen LogP) is 5.52. The Morgan fingerprint density at radius 1 is 1.19 bits per heavy atom. The first kappa shape index (κ1) is 18.7. The molecule has 1 N–H and O–H groups in total. The fourth-order valence-electron chi connectivity index (χ4n) is 2.74. The van der Waals surface area contributed by atoms with Crippen LogP contribution in [0, 0.1) is 20.8 Å². The third kappa shape index (κ3) is 4.00. The average Bonchev–Trinajstić information content (AvgIpc) is 2.85. The molecule has 0 aliphatic rings. The maximum Gasteiger partial charge on any atom is 0.255 e. The highest BCUT2D eigenvalue weighted by Gasteiger charge is 2.12. The number of carbonyl (C=O) groups is 1. The number of carbonyl (C=O) groups excluding carboxylic acids is 1. The quantitative estimate of drug-likeness (QED) is 0.589. The number of aromatic nitrogens is 2. The van der Waals surface area contributed by atoms with Crippen LogP contribution in [-0.4, -0.2) is 15.7 Å². The van der Waals surface area contributed by atoms with Crippen LogP contribution in [0.1, 0.15) is 32.9 Å². The number of aryl methyl sites for hydroxylation is 2. The number of nitrogens with one attached hydrogen (secondary N) is 1. The van der Waals surface area contributed by atoms with Crippen molar-refractivity contribution in [3.8, 4) is 0 Å². The predicted molar refractivity (Wildman–Crippen MR) is 109 cm³/mol. The van der Waals surface area contributed by atoms with Gasteiger partial charge in [0.25, 0.3) is 5.91 Å². The summed E-state index contributed by atoms with van der Waals surface area (Å²) in [6.07, 6.45) is 0. The second-order valence-corrected chi connectivity index (χ2v) is 7.49. The summed E-state index contributed by atoms with van der Waals surface area (Å²) < 4.78 is 2.94. The van der Waals surface area contributed by atoms with Crippen molar-refractivity contribution < 1.29 is 4.79 Å². The number of amides is 1. The average molecular weight is 433 g/mol. The molecule has 3 rings (SSSR count). The van der Waals surface area contributed by atoms with E-state index in [0.29, 0.717) is 17.1 Å². The van der Waals surface area contributed by atoms with Gasteiger partial charge in [-0.15, -0.1) is 0 Å². The molecule has 1 aromatic heterocycles. The summed E-state index contributed by atoms with van der Waals surface area (Å²) in [7, 11) is 0. The first-order chi connectivity index (χ1) is 12.3. The van der Waals surface area contributed by atoms with Gasteiger partial charge in [-0.2, -0.15) is 5.10 Å². The number of anilines is 1. The van der Waals surface area contributed by atoms with Crippen LogP contribution in [0.5, 0.6) is 0 Å². The minimum Gasteiger partial charge on any atom is -0.322 e. The highest BCUT2D eigenvalue weighted by atomic mass is 79.9. The van der Waals surface area contributed by atoms with Crippen LogP contribution in [0.3, 0.4) is 0 Å². The van der Waals surface area contributed by atoms with Gasteiger partial charge >= 0.3 is 0 Å². The van der Waals surface area contributed by atoms with Crippen molar-refractivity contribution in [3.63, 3.8) is 0 Å². The molecule has 0 saturated heterocycles. The van der Waals surface area contributed by atoms with Crippen LogP contribution >= 0.6 is 27.5 Å². The largest absolute Gasteiger partial charge is 0.322 e. The molecule has 4 nitrogen and oxygen atoms in total. The summed E-state index contributed by atoms with van der Waals surface area (Å²) in [5, 5.41) is 8.05. The van der Waals surface area contributed by atoms with Crippen LogP contribution in [0.15, 0.2) is 46.9 Å². The van der Waals surface area contributed by atoms with E-state index < -0.39 is 0 Å². The Kier molecular flexibility index (Phi) is 5.49. The van der Waals surface area contributed by atoms with Crippen molar-refractivity contribution in [1.82, 2.24) is 9.78 Å². The second-order valence-electron chi connectivity index (χ2n) is 6.26. The van der Waals surface area contributed by atoms with E-state index in [1.165, 1.54) is 0 Å². The normalized spacial score (nSPS) is 10.8. The van der Waals surface area contributed by atoms with Crippen molar-refractivity contribution in [1.29, 1.82) is 0 Å². The molecule has 0 radical (unpaired) electrons. The van der Waals surface area contributed by atoms with Gasteiger partial charge in [0.05, 0.1) is 22.4 Å². The van der Waals surface area contributed by atoms with Gasteiger partial charge in [-0.3, -0.25) is 9.48 Å². The zero-order chi connectivity index (χ0) is 18.8. The van der Waals surface area contributed by atoms with Gasteiger partial charge in [0.1, 0.15) is 0 Å². The minimum atomic E-state index is -0.160. The van der Waals surface area contributed by atoms with Gasteiger partial charge in [-0.25, -0.2) is 0 Å². The van der Waals surface area contributed by atoms with Gasteiger partial charge in [0.15, 0.2) is 0 Å². The Morgan fingerprint density at radius 3 is 2.65 bits per heavy atom. The lowest BCUT2D eigenvalue weighted by molar-refractivity contribution is 0.102.